The fraction of sp³-hybridized carbons (Fsp3) is 0. The van der Waals surface area contributed by atoms with Gasteiger partial charge in [-0.15, -0.1) is 0 Å². The van der Waals surface area contributed by atoms with Crippen LogP contribution in [0.15, 0.2) is 35.6 Å². The predicted molar refractivity (Wildman–Crippen MR) is 59.5 cm³/mol. The van der Waals surface area contributed by atoms with Gasteiger partial charge >= 0.3 is 0 Å². The Balaban J connectivity index is 1.96. The SMILES string of the molecule is O=C(NN=Cc1cccc(O)c1)c1cn[nH]n1. The van der Waals surface area contributed by atoms with Crippen LogP contribution in [0.4, 0.5) is 0 Å². The molecule has 2 rings (SSSR count). The van der Waals surface area contributed by atoms with Crippen molar-refractivity contribution in [2.45, 2.75) is 0 Å². The molecule has 0 bridgehead atoms. The van der Waals surface area contributed by atoms with E-state index >= 15 is 0 Å². The molecule has 0 saturated heterocycles. The van der Waals surface area contributed by atoms with Crippen LogP contribution < -0.4 is 5.43 Å². The molecular weight excluding hydrogens is 222 g/mol. The van der Waals surface area contributed by atoms with E-state index in [4.69, 9.17) is 0 Å². The summed E-state index contributed by atoms with van der Waals surface area (Å²) in [6, 6.07) is 6.48. The second-order valence-corrected chi connectivity index (χ2v) is 3.15. The molecule has 1 aromatic heterocycles. The molecule has 0 atom stereocenters. The highest BCUT2D eigenvalue weighted by atomic mass is 16.3. The molecule has 0 aliphatic rings. The van der Waals surface area contributed by atoms with Crippen molar-refractivity contribution in [1.29, 1.82) is 0 Å². The predicted octanol–water partition coefficient (Wildman–Crippen LogP) is 0.274. The van der Waals surface area contributed by atoms with Gasteiger partial charge in [0.1, 0.15) is 5.75 Å². The first-order valence-corrected chi connectivity index (χ1v) is 4.74. The number of aromatic hydroxyl groups is 1. The van der Waals surface area contributed by atoms with Gasteiger partial charge in [-0.25, -0.2) is 5.43 Å². The average molecular weight is 231 g/mol. The fourth-order valence-electron chi connectivity index (χ4n) is 1.14. The Labute approximate surface area is 96.2 Å². The van der Waals surface area contributed by atoms with Crippen molar-refractivity contribution in [3.05, 3.63) is 41.7 Å². The molecule has 0 fully saturated rings. The lowest BCUT2D eigenvalue weighted by Gasteiger charge is -1.95. The highest BCUT2D eigenvalue weighted by Crippen LogP contribution is 2.08. The first kappa shape index (κ1) is 10.8. The van der Waals surface area contributed by atoms with E-state index in [0.717, 1.165) is 0 Å². The molecule has 1 aromatic carbocycles. The number of phenols is 1. The zero-order chi connectivity index (χ0) is 12.1. The van der Waals surface area contributed by atoms with Crippen molar-refractivity contribution in [1.82, 2.24) is 20.8 Å². The lowest BCUT2D eigenvalue weighted by Crippen LogP contribution is -2.17. The van der Waals surface area contributed by atoms with Gasteiger partial charge in [-0.05, 0) is 17.7 Å². The van der Waals surface area contributed by atoms with Crippen molar-refractivity contribution < 1.29 is 9.90 Å². The zero-order valence-electron chi connectivity index (χ0n) is 8.66. The van der Waals surface area contributed by atoms with E-state index in [9.17, 15) is 9.90 Å². The summed E-state index contributed by atoms with van der Waals surface area (Å²) in [7, 11) is 0. The van der Waals surface area contributed by atoms with E-state index in [2.05, 4.69) is 25.9 Å². The highest BCUT2D eigenvalue weighted by molar-refractivity contribution is 5.92. The quantitative estimate of drug-likeness (QED) is 0.521. The largest absolute Gasteiger partial charge is 0.508 e. The molecule has 86 valence electrons. The van der Waals surface area contributed by atoms with Crippen molar-refractivity contribution in [2.75, 3.05) is 0 Å². The average Bonchev–Trinajstić information content (AvgIpc) is 2.82. The van der Waals surface area contributed by atoms with Crippen LogP contribution in [0.2, 0.25) is 0 Å². The Morgan fingerprint density at radius 3 is 3.12 bits per heavy atom. The number of benzene rings is 1. The van der Waals surface area contributed by atoms with Gasteiger partial charge in [-0.2, -0.15) is 20.5 Å². The van der Waals surface area contributed by atoms with Crippen LogP contribution in [-0.4, -0.2) is 32.6 Å². The Hall–Kier alpha value is -2.70. The molecule has 7 heteroatoms. The van der Waals surface area contributed by atoms with Gasteiger partial charge in [0.2, 0.25) is 0 Å². The highest BCUT2D eigenvalue weighted by Gasteiger charge is 2.05. The minimum Gasteiger partial charge on any atom is -0.508 e. The summed E-state index contributed by atoms with van der Waals surface area (Å²) in [6.45, 7) is 0. The van der Waals surface area contributed by atoms with E-state index in [-0.39, 0.29) is 11.4 Å². The van der Waals surface area contributed by atoms with Crippen LogP contribution >= 0.6 is 0 Å². The van der Waals surface area contributed by atoms with Crippen LogP contribution in [0.5, 0.6) is 5.75 Å². The standard InChI is InChI=1S/C10H9N5O2/c16-8-3-1-2-7(4-8)5-11-14-10(17)9-6-12-15-13-9/h1-6,16H,(H,14,17)(H,12,13,15). The van der Waals surface area contributed by atoms with Crippen LogP contribution in [0.25, 0.3) is 0 Å². The molecule has 1 amide bonds. The number of carbonyl (C=O) groups is 1. The fourth-order valence-corrected chi connectivity index (χ4v) is 1.14. The third-order valence-corrected chi connectivity index (χ3v) is 1.90. The number of H-pyrrole nitrogens is 1. The number of aromatic amines is 1. The zero-order valence-corrected chi connectivity index (χ0v) is 8.66. The second kappa shape index (κ2) is 4.88. The number of carbonyl (C=O) groups excluding carboxylic acids is 1. The van der Waals surface area contributed by atoms with Crippen LogP contribution in [0.1, 0.15) is 16.1 Å². The molecule has 2 aromatic rings. The maximum absolute atomic E-state index is 11.4. The molecule has 0 aliphatic carbocycles. The lowest BCUT2D eigenvalue weighted by atomic mass is 10.2. The van der Waals surface area contributed by atoms with Crippen molar-refractivity contribution >= 4 is 12.1 Å². The molecule has 1 heterocycles. The molecular formula is C10H9N5O2. The summed E-state index contributed by atoms with van der Waals surface area (Å²) in [5, 5.41) is 22.3. The molecule has 0 saturated carbocycles. The molecule has 0 aliphatic heterocycles. The first-order chi connectivity index (χ1) is 8.25. The number of aromatic nitrogens is 3. The molecule has 3 N–H and O–H groups in total. The smallest absolute Gasteiger partial charge is 0.293 e. The summed E-state index contributed by atoms with van der Waals surface area (Å²) in [6.07, 6.45) is 2.71. The molecule has 0 unspecified atom stereocenters. The minimum atomic E-state index is -0.463. The van der Waals surface area contributed by atoms with Crippen molar-refractivity contribution in [3.63, 3.8) is 0 Å². The topological polar surface area (TPSA) is 103 Å². The molecule has 17 heavy (non-hydrogen) atoms. The van der Waals surface area contributed by atoms with Crippen molar-refractivity contribution in [2.24, 2.45) is 5.10 Å². The number of phenolic OH excluding ortho intramolecular Hbond substituents is 1. The molecule has 7 nitrogen and oxygen atoms in total. The van der Waals surface area contributed by atoms with E-state index in [1.807, 2.05) is 0 Å². The van der Waals surface area contributed by atoms with Crippen LogP contribution in [0.3, 0.4) is 0 Å². The van der Waals surface area contributed by atoms with E-state index in [1.165, 1.54) is 18.5 Å². The number of rotatable bonds is 3. The first-order valence-electron chi connectivity index (χ1n) is 4.74. The van der Waals surface area contributed by atoms with Gasteiger partial charge in [0.25, 0.3) is 5.91 Å². The maximum Gasteiger partial charge on any atom is 0.293 e. The number of nitrogens with zero attached hydrogens (tertiary/aromatic N) is 3. The third kappa shape index (κ3) is 2.88. The lowest BCUT2D eigenvalue weighted by molar-refractivity contribution is 0.0950. The van der Waals surface area contributed by atoms with Gasteiger partial charge in [0, 0.05) is 0 Å². The summed E-state index contributed by atoms with van der Waals surface area (Å²) in [5.74, 6) is -0.327. The van der Waals surface area contributed by atoms with Gasteiger partial charge in [0.15, 0.2) is 5.69 Å². The van der Waals surface area contributed by atoms with Gasteiger partial charge < -0.3 is 5.11 Å². The Morgan fingerprint density at radius 2 is 2.41 bits per heavy atom. The van der Waals surface area contributed by atoms with Gasteiger partial charge in [0.05, 0.1) is 12.4 Å². The molecule has 0 radical (unpaired) electrons. The summed E-state index contributed by atoms with van der Waals surface area (Å²) in [4.78, 5) is 11.4. The second-order valence-electron chi connectivity index (χ2n) is 3.15. The van der Waals surface area contributed by atoms with Gasteiger partial charge in [-0.3, -0.25) is 4.79 Å². The monoisotopic (exact) mass is 231 g/mol. The van der Waals surface area contributed by atoms with Crippen LogP contribution in [-0.2, 0) is 0 Å². The summed E-state index contributed by atoms with van der Waals surface area (Å²) >= 11 is 0. The number of hydrogen-bond acceptors (Lipinski definition) is 5. The number of nitrogens with one attached hydrogen (secondary N) is 2. The molecule has 0 spiro atoms. The van der Waals surface area contributed by atoms with E-state index < -0.39 is 5.91 Å². The summed E-state index contributed by atoms with van der Waals surface area (Å²) < 4.78 is 0. The number of hydrazone groups is 1. The van der Waals surface area contributed by atoms with Gasteiger partial charge in [-0.1, -0.05) is 12.1 Å². The Bertz CT molecular complexity index is 535. The number of amides is 1. The Kier molecular flexibility index (Phi) is 3.10. The third-order valence-electron chi connectivity index (χ3n) is 1.90. The van der Waals surface area contributed by atoms with Crippen molar-refractivity contribution in [3.8, 4) is 5.75 Å². The summed E-state index contributed by atoms with van der Waals surface area (Å²) in [5.41, 5.74) is 3.10. The van der Waals surface area contributed by atoms with E-state index in [0.29, 0.717) is 5.56 Å². The Morgan fingerprint density at radius 1 is 1.53 bits per heavy atom. The van der Waals surface area contributed by atoms with E-state index in [1.54, 1.807) is 18.2 Å². The minimum absolute atomic E-state index is 0.136. The van der Waals surface area contributed by atoms with Crippen LogP contribution in [0, 0.1) is 0 Å². The normalized spacial score (nSPS) is 10.6. The number of hydrogen-bond donors (Lipinski definition) is 3. The maximum atomic E-state index is 11.4.